The highest BCUT2D eigenvalue weighted by Crippen LogP contribution is 2.23. The van der Waals surface area contributed by atoms with Crippen LogP contribution in [-0.4, -0.2) is 33.9 Å². The predicted octanol–water partition coefficient (Wildman–Crippen LogP) is 2.23. The van der Waals surface area contributed by atoms with Crippen molar-refractivity contribution >= 4 is 5.91 Å². The van der Waals surface area contributed by atoms with E-state index in [1.54, 1.807) is 11.8 Å². The van der Waals surface area contributed by atoms with Crippen LogP contribution in [-0.2, 0) is 0 Å². The number of carbonyl (C=O) groups is 1. The van der Waals surface area contributed by atoms with Gasteiger partial charge in [0.2, 0.25) is 0 Å². The molecule has 0 unspecified atom stereocenters. The first-order valence-electron chi connectivity index (χ1n) is 7.04. The Labute approximate surface area is 123 Å². The molecule has 1 aromatic carbocycles. The highest BCUT2D eigenvalue weighted by atomic mass is 16.2. The van der Waals surface area contributed by atoms with E-state index in [0.29, 0.717) is 30.0 Å². The van der Waals surface area contributed by atoms with Gasteiger partial charge in [-0.3, -0.25) is 4.79 Å². The van der Waals surface area contributed by atoms with Crippen LogP contribution in [0.1, 0.15) is 29.9 Å². The van der Waals surface area contributed by atoms with Crippen molar-refractivity contribution in [1.29, 1.82) is 0 Å². The van der Waals surface area contributed by atoms with Gasteiger partial charge in [-0.05, 0) is 20.8 Å². The number of aromatic nitrogens is 2. The van der Waals surface area contributed by atoms with E-state index >= 15 is 0 Å². The van der Waals surface area contributed by atoms with Crippen molar-refractivity contribution in [2.24, 2.45) is 0 Å². The summed E-state index contributed by atoms with van der Waals surface area (Å²) in [5, 5.41) is 0. The molecule has 0 radical (unpaired) electrons. The Bertz CT molecular complexity index is 688. The summed E-state index contributed by atoms with van der Waals surface area (Å²) in [7, 11) is 0. The number of nitrogens with one attached hydrogen (secondary N) is 1. The summed E-state index contributed by atoms with van der Waals surface area (Å²) in [5.41, 5.74) is 1.77. The minimum Gasteiger partial charge on any atom is -0.339 e. The van der Waals surface area contributed by atoms with Crippen LogP contribution in [0, 0.1) is 6.92 Å². The quantitative estimate of drug-likeness (QED) is 0.936. The minimum absolute atomic E-state index is 0.111. The van der Waals surface area contributed by atoms with Crippen LogP contribution in [0.15, 0.2) is 35.1 Å². The van der Waals surface area contributed by atoms with E-state index < -0.39 is 5.69 Å². The number of aryl methyl sites for hydroxylation is 1. The molecule has 1 heterocycles. The summed E-state index contributed by atoms with van der Waals surface area (Å²) in [6.45, 7) is 6.81. The zero-order valence-corrected chi connectivity index (χ0v) is 12.5. The van der Waals surface area contributed by atoms with Crippen molar-refractivity contribution in [3.63, 3.8) is 0 Å². The summed E-state index contributed by atoms with van der Waals surface area (Å²) < 4.78 is 0. The maximum absolute atomic E-state index is 12.7. The summed E-state index contributed by atoms with van der Waals surface area (Å²) in [6, 6.07) is 9.30. The number of hydrogen-bond donors (Lipinski definition) is 1. The number of rotatable bonds is 4. The lowest BCUT2D eigenvalue weighted by molar-refractivity contribution is 0.0772. The average Bonchev–Trinajstić information content (AvgIpc) is 2.48. The van der Waals surface area contributed by atoms with Gasteiger partial charge in [0.05, 0.1) is 11.3 Å². The molecule has 0 spiro atoms. The molecule has 0 fully saturated rings. The molecule has 0 saturated heterocycles. The van der Waals surface area contributed by atoms with Crippen LogP contribution in [0.2, 0.25) is 0 Å². The first-order chi connectivity index (χ1) is 10.1. The lowest BCUT2D eigenvalue weighted by atomic mass is 10.0. The smallest absolute Gasteiger partial charge is 0.339 e. The zero-order valence-electron chi connectivity index (χ0n) is 12.5. The van der Waals surface area contributed by atoms with E-state index in [1.807, 2.05) is 44.2 Å². The number of carbonyl (C=O) groups excluding carboxylic acids is 1. The Morgan fingerprint density at radius 1 is 1.19 bits per heavy atom. The van der Waals surface area contributed by atoms with Crippen LogP contribution < -0.4 is 5.69 Å². The first-order valence-corrected chi connectivity index (χ1v) is 7.04. The third kappa shape index (κ3) is 3.02. The summed E-state index contributed by atoms with van der Waals surface area (Å²) >= 11 is 0. The molecule has 0 aliphatic carbocycles. The van der Waals surface area contributed by atoms with Crippen LogP contribution in [0.3, 0.4) is 0 Å². The number of amides is 1. The van der Waals surface area contributed by atoms with Crippen LogP contribution in [0.5, 0.6) is 0 Å². The SMILES string of the molecule is CCN(CC)C(=O)c1c(-c2ccccc2)nc(=O)[nH]c1C. The number of aromatic amines is 1. The van der Waals surface area contributed by atoms with Gasteiger partial charge in [0.1, 0.15) is 0 Å². The highest BCUT2D eigenvalue weighted by Gasteiger charge is 2.22. The molecule has 1 amide bonds. The van der Waals surface area contributed by atoms with E-state index in [2.05, 4.69) is 9.97 Å². The van der Waals surface area contributed by atoms with E-state index in [-0.39, 0.29) is 5.91 Å². The molecule has 21 heavy (non-hydrogen) atoms. The molecule has 5 nitrogen and oxygen atoms in total. The van der Waals surface area contributed by atoms with Gasteiger partial charge in [-0.15, -0.1) is 0 Å². The topological polar surface area (TPSA) is 66.1 Å². The standard InChI is InChI=1S/C16H19N3O2/c1-4-19(5-2)15(20)13-11(3)17-16(21)18-14(13)12-9-7-6-8-10-12/h6-10H,4-5H2,1-3H3,(H,17,18,21). The number of nitrogens with zero attached hydrogens (tertiary/aromatic N) is 2. The van der Waals surface area contributed by atoms with Gasteiger partial charge in [-0.2, -0.15) is 4.98 Å². The molecule has 0 bridgehead atoms. The lowest BCUT2D eigenvalue weighted by Crippen LogP contribution is -2.33. The van der Waals surface area contributed by atoms with Crippen LogP contribution in [0.4, 0.5) is 0 Å². The van der Waals surface area contributed by atoms with Crippen LogP contribution in [0.25, 0.3) is 11.3 Å². The van der Waals surface area contributed by atoms with Crippen LogP contribution >= 0.6 is 0 Å². The summed E-state index contributed by atoms with van der Waals surface area (Å²) in [4.78, 5) is 32.7. The second-order valence-electron chi connectivity index (χ2n) is 4.73. The predicted molar refractivity (Wildman–Crippen MR) is 82.3 cm³/mol. The maximum atomic E-state index is 12.7. The first kappa shape index (κ1) is 15.0. The Balaban J connectivity index is 2.65. The highest BCUT2D eigenvalue weighted by molar-refractivity contribution is 6.00. The second-order valence-corrected chi connectivity index (χ2v) is 4.73. The molecule has 1 aromatic heterocycles. The average molecular weight is 285 g/mol. The van der Waals surface area contributed by atoms with Crippen molar-refractivity contribution in [1.82, 2.24) is 14.9 Å². The lowest BCUT2D eigenvalue weighted by Gasteiger charge is -2.21. The number of hydrogen-bond acceptors (Lipinski definition) is 3. The molecular weight excluding hydrogens is 266 g/mol. The van der Waals surface area contributed by atoms with Crippen molar-refractivity contribution in [2.75, 3.05) is 13.1 Å². The van der Waals surface area contributed by atoms with Gasteiger partial charge in [-0.25, -0.2) is 4.79 Å². The molecule has 0 atom stereocenters. The monoisotopic (exact) mass is 285 g/mol. The fraction of sp³-hybridized carbons (Fsp3) is 0.312. The Morgan fingerprint density at radius 2 is 1.81 bits per heavy atom. The van der Waals surface area contributed by atoms with Gasteiger partial charge in [0, 0.05) is 24.3 Å². The Kier molecular flexibility index (Phi) is 4.52. The van der Waals surface area contributed by atoms with Crippen molar-refractivity contribution < 1.29 is 4.79 Å². The number of H-pyrrole nitrogens is 1. The number of benzene rings is 1. The third-order valence-electron chi connectivity index (χ3n) is 3.43. The molecule has 5 heteroatoms. The van der Waals surface area contributed by atoms with E-state index in [9.17, 15) is 9.59 Å². The van der Waals surface area contributed by atoms with Crippen molar-refractivity contribution in [3.8, 4) is 11.3 Å². The molecule has 1 N–H and O–H groups in total. The fourth-order valence-corrected chi connectivity index (χ4v) is 2.32. The van der Waals surface area contributed by atoms with Gasteiger partial charge >= 0.3 is 5.69 Å². The maximum Gasteiger partial charge on any atom is 0.345 e. The van der Waals surface area contributed by atoms with Gasteiger partial charge < -0.3 is 9.88 Å². The molecule has 0 aliphatic heterocycles. The van der Waals surface area contributed by atoms with Crippen molar-refractivity contribution in [3.05, 3.63) is 52.1 Å². The molecular formula is C16H19N3O2. The molecule has 2 aromatic rings. The summed E-state index contributed by atoms with van der Waals surface area (Å²) in [6.07, 6.45) is 0. The third-order valence-corrected chi connectivity index (χ3v) is 3.43. The molecule has 0 saturated carbocycles. The molecule has 0 aliphatic rings. The fourth-order valence-electron chi connectivity index (χ4n) is 2.32. The normalized spacial score (nSPS) is 10.4. The van der Waals surface area contributed by atoms with Gasteiger partial charge in [0.15, 0.2) is 0 Å². The Hall–Kier alpha value is -2.43. The molecule has 110 valence electrons. The second kappa shape index (κ2) is 6.35. The Morgan fingerprint density at radius 3 is 2.38 bits per heavy atom. The van der Waals surface area contributed by atoms with E-state index in [4.69, 9.17) is 0 Å². The van der Waals surface area contributed by atoms with E-state index in [0.717, 1.165) is 5.56 Å². The molecule has 2 rings (SSSR count). The van der Waals surface area contributed by atoms with E-state index in [1.165, 1.54) is 0 Å². The summed E-state index contributed by atoms with van der Waals surface area (Å²) in [5.74, 6) is -0.111. The minimum atomic E-state index is -0.442. The largest absolute Gasteiger partial charge is 0.345 e. The zero-order chi connectivity index (χ0) is 15.4. The van der Waals surface area contributed by atoms with Crippen molar-refractivity contribution in [2.45, 2.75) is 20.8 Å². The van der Waals surface area contributed by atoms with Gasteiger partial charge in [0.25, 0.3) is 5.91 Å². The van der Waals surface area contributed by atoms with Gasteiger partial charge in [-0.1, -0.05) is 30.3 Å².